The van der Waals surface area contributed by atoms with Crippen LogP contribution in [0.4, 0.5) is 23.7 Å². The van der Waals surface area contributed by atoms with Crippen molar-refractivity contribution in [3.05, 3.63) is 101 Å². The second-order valence-electron chi connectivity index (χ2n) is 8.05. The van der Waals surface area contributed by atoms with Gasteiger partial charge >= 0.3 is 11.9 Å². The minimum Gasteiger partial charge on any atom is -0.448 e. The first-order chi connectivity index (χ1) is 17.8. The van der Waals surface area contributed by atoms with Gasteiger partial charge in [0.2, 0.25) is 5.75 Å². The Morgan fingerprint density at radius 3 is 2.34 bits per heavy atom. The summed E-state index contributed by atoms with van der Waals surface area (Å²) in [7, 11) is 0. The molecule has 3 aromatic rings. The highest BCUT2D eigenvalue weighted by Gasteiger charge is 2.36. The fourth-order valence-electron chi connectivity index (χ4n) is 3.54. The predicted octanol–water partition coefficient (Wildman–Crippen LogP) is 8.48. The molecule has 0 radical (unpaired) electrons. The zero-order valence-electron chi connectivity index (χ0n) is 19.2. The Morgan fingerprint density at radius 2 is 1.74 bits per heavy atom. The minimum atomic E-state index is -4.76. The lowest BCUT2D eigenvalue weighted by Gasteiger charge is -2.14. The fraction of sp³-hybridized carbons (Fsp3) is 0.120. The summed E-state index contributed by atoms with van der Waals surface area (Å²) < 4.78 is 45.2. The van der Waals surface area contributed by atoms with Gasteiger partial charge in [-0.1, -0.05) is 24.3 Å². The first kappa shape index (κ1) is 27.9. The highest BCUT2D eigenvalue weighted by molar-refractivity contribution is 9.11. The number of rotatable bonds is 6. The topological polar surface area (TPSA) is 89.8 Å². The van der Waals surface area contributed by atoms with Gasteiger partial charge in [0.05, 0.1) is 30.9 Å². The largest absolute Gasteiger partial charge is 0.448 e. The van der Waals surface area contributed by atoms with Gasteiger partial charge in [0.1, 0.15) is 0 Å². The Balaban J connectivity index is 1.59. The maximum atomic E-state index is 13.0. The van der Waals surface area contributed by atoms with Gasteiger partial charge in [-0.15, -0.1) is 0 Å². The van der Waals surface area contributed by atoms with Crippen molar-refractivity contribution in [2.45, 2.75) is 19.6 Å². The number of carbonyl (C=O) groups is 2. The highest BCUT2D eigenvalue weighted by Crippen LogP contribution is 2.43. The van der Waals surface area contributed by atoms with Crippen molar-refractivity contribution in [1.82, 2.24) is 4.90 Å². The fourth-order valence-corrected chi connectivity index (χ4v) is 5.76. The standard InChI is InChI=1S/C25H15Br2F3N2O5S/c1-13-4-2-3-5-15(13)12-31-23(33)21(38-24(31)34)10-14-8-17(26)22(18(27)9-14)37-20-7-6-16(25(28,29)30)11-19(20)32(35)36/h2-11H,12H2,1H3/b21-10-. The van der Waals surface area contributed by atoms with Gasteiger partial charge in [-0.05, 0) is 97.6 Å². The molecule has 38 heavy (non-hydrogen) atoms. The predicted molar refractivity (Wildman–Crippen MR) is 143 cm³/mol. The number of ether oxygens (including phenoxy) is 1. The summed E-state index contributed by atoms with van der Waals surface area (Å²) in [6.45, 7) is 2.03. The Kier molecular flexibility index (Phi) is 8.00. The number of halogens is 5. The number of alkyl halides is 3. The van der Waals surface area contributed by atoms with E-state index in [9.17, 15) is 32.9 Å². The molecule has 0 N–H and O–H groups in total. The third-order valence-electron chi connectivity index (χ3n) is 5.48. The first-order valence-electron chi connectivity index (χ1n) is 10.7. The molecule has 7 nitrogen and oxygen atoms in total. The second kappa shape index (κ2) is 10.9. The quantitative estimate of drug-likeness (QED) is 0.148. The zero-order chi connectivity index (χ0) is 27.8. The molecule has 0 atom stereocenters. The SMILES string of the molecule is Cc1ccccc1CN1C(=O)S/C(=C\c2cc(Br)c(Oc3ccc(C(F)(F)F)cc3[N+](=O)[O-])c(Br)c2)C1=O. The van der Waals surface area contributed by atoms with Gasteiger partial charge in [-0.3, -0.25) is 24.6 Å². The molecule has 1 aliphatic heterocycles. The molecule has 13 heteroatoms. The van der Waals surface area contributed by atoms with Crippen LogP contribution in [0.2, 0.25) is 0 Å². The summed E-state index contributed by atoms with van der Waals surface area (Å²) in [5, 5.41) is 11.0. The number of hydrogen-bond acceptors (Lipinski definition) is 6. The molecule has 0 bridgehead atoms. The molecule has 0 unspecified atom stereocenters. The van der Waals surface area contributed by atoms with Gasteiger partial charge in [0, 0.05) is 6.07 Å². The maximum Gasteiger partial charge on any atom is 0.416 e. The van der Waals surface area contributed by atoms with Crippen LogP contribution in [0.15, 0.2) is 68.4 Å². The molecule has 0 saturated carbocycles. The first-order valence-corrected chi connectivity index (χ1v) is 13.1. The van der Waals surface area contributed by atoms with Crippen molar-refractivity contribution in [3.8, 4) is 11.5 Å². The number of benzene rings is 3. The van der Waals surface area contributed by atoms with Crippen LogP contribution < -0.4 is 4.74 Å². The van der Waals surface area contributed by atoms with Gasteiger partial charge in [0.25, 0.3) is 11.1 Å². The number of hydrogen-bond donors (Lipinski definition) is 0. The molecular formula is C25H15Br2F3N2O5S. The van der Waals surface area contributed by atoms with Crippen LogP contribution in [0.25, 0.3) is 6.08 Å². The van der Waals surface area contributed by atoms with Gasteiger partial charge in [0.15, 0.2) is 5.75 Å². The summed E-state index contributed by atoms with van der Waals surface area (Å²) in [6, 6.07) is 12.5. The Bertz CT molecular complexity index is 1490. The Labute approximate surface area is 235 Å². The summed E-state index contributed by atoms with van der Waals surface area (Å²) in [5.41, 5.74) is 0.263. The molecule has 0 aliphatic carbocycles. The number of carbonyl (C=O) groups excluding carboxylic acids is 2. The number of amides is 2. The third-order valence-corrected chi connectivity index (χ3v) is 7.56. The van der Waals surface area contributed by atoms with Gasteiger partial charge in [-0.2, -0.15) is 13.2 Å². The Morgan fingerprint density at radius 1 is 1.08 bits per heavy atom. The number of nitro benzene ring substituents is 1. The molecule has 1 aliphatic rings. The van der Waals surface area contributed by atoms with E-state index in [1.54, 1.807) is 12.1 Å². The van der Waals surface area contributed by atoms with E-state index >= 15 is 0 Å². The number of aryl methyl sites for hydroxylation is 1. The summed E-state index contributed by atoms with van der Waals surface area (Å²) in [5.74, 6) is -0.775. The van der Waals surface area contributed by atoms with Crippen LogP contribution in [0.3, 0.4) is 0 Å². The molecule has 0 aromatic heterocycles. The lowest BCUT2D eigenvalue weighted by atomic mass is 10.1. The number of imide groups is 1. The molecule has 0 spiro atoms. The molecule has 1 saturated heterocycles. The molecule has 196 valence electrons. The monoisotopic (exact) mass is 670 g/mol. The lowest BCUT2D eigenvalue weighted by Crippen LogP contribution is -2.27. The molecular weight excluding hydrogens is 657 g/mol. The van der Waals surface area contributed by atoms with Crippen molar-refractivity contribution >= 4 is 66.5 Å². The molecule has 4 rings (SSSR count). The van der Waals surface area contributed by atoms with E-state index in [1.807, 2.05) is 31.2 Å². The average molecular weight is 672 g/mol. The number of nitrogens with zero attached hydrogens (tertiary/aromatic N) is 2. The van der Waals surface area contributed by atoms with Gasteiger partial charge in [-0.25, -0.2) is 0 Å². The average Bonchev–Trinajstić information content (AvgIpc) is 3.09. The minimum absolute atomic E-state index is 0.0673. The summed E-state index contributed by atoms with van der Waals surface area (Å²) in [4.78, 5) is 37.2. The van der Waals surface area contributed by atoms with E-state index in [1.165, 1.54) is 6.08 Å². The van der Waals surface area contributed by atoms with Crippen LogP contribution in [0, 0.1) is 17.0 Å². The Hall–Kier alpha value is -3.16. The van der Waals surface area contributed by atoms with E-state index in [2.05, 4.69) is 31.9 Å². The van der Waals surface area contributed by atoms with Crippen molar-refractivity contribution in [2.75, 3.05) is 0 Å². The van der Waals surface area contributed by atoms with Crippen LogP contribution in [0.5, 0.6) is 11.5 Å². The third kappa shape index (κ3) is 5.94. The molecule has 3 aromatic carbocycles. The number of nitro groups is 1. The van der Waals surface area contributed by atoms with Crippen molar-refractivity contribution in [1.29, 1.82) is 0 Å². The van der Waals surface area contributed by atoms with Crippen LogP contribution in [-0.2, 0) is 17.5 Å². The smallest absolute Gasteiger partial charge is 0.416 e. The van der Waals surface area contributed by atoms with Gasteiger partial charge < -0.3 is 4.74 Å². The lowest BCUT2D eigenvalue weighted by molar-refractivity contribution is -0.385. The number of thioether (sulfide) groups is 1. The normalized spacial score (nSPS) is 14.9. The van der Waals surface area contributed by atoms with Crippen molar-refractivity contribution in [2.24, 2.45) is 0 Å². The van der Waals surface area contributed by atoms with E-state index in [4.69, 9.17) is 4.74 Å². The van der Waals surface area contributed by atoms with E-state index < -0.39 is 39.2 Å². The zero-order valence-corrected chi connectivity index (χ0v) is 23.2. The second-order valence-corrected chi connectivity index (χ2v) is 10.7. The summed E-state index contributed by atoms with van der Waals surface area (Å²) >= 11 is 7.40. The van der Waals surface area contributed by atoms with Crippen LogP contribution >= 0.6 is 43.6 Å². The van der Waals surface area contributed by atoms with E-state index in [0.29, 0.717) is 26.6 Å². The highest BCUT2D eigenvalue weighted by atomic mass is 79.9. The van der Waals surface area contributed by atoms with E-state index in [0.717, 1.165) is 33.9 Å². The molecule has 1 fully saturated rings. The van der Waals surface area contributed by atoms with Crippen molar-refractivity contribution in [3.63, 3.8) is 0 Å². The molecule has 1 heterocycles. The summed E-state index contributed by atoms with van der Waals surface area (Å²) in [6.07, 6.45) is -3.24. The van der Waals surface area contributed by atoms with Crippen LogP contribution in [0.1, 0.15) is 22.3 Å². The van der Waals surface area contributed by atoms with E-state index in [-0.39, 0.29) is 17.2 Å². The van der Waals surface area contributed by atoms with Crippen molar-refractivity contribution < 1.29 is 32.4 Å². The molecule has 2 amide bonds. The van der Waals surface area contributed by atoms with Crippen LogP contribution in [-0.4, -0.2) is 21.0 Å². The maximum absolute atomic E-state index is 13.0.